The number of hydrogen-bond donors (Lipinski definition) is 13. The van der Waals surface area contributed by atoms with Crippen molar-refractivity contribution in [3.63, 3.8) is 0 Å². The van der Waals surface area contributed by atoms with E-state index in [0.717, 1.165) is 0 Å². The smallest absolute Gasteiger partial charge is 0.252 e. The number of amides is 1. The molecule has 0 radical (unpaired) electrons. The number of nitrogens with two attached hydrogens (primary N) is 6. The molecule has 2 aliphatic heterocycles. The minimum absolute atomic E-state index is 0.0200. The SMILES string of the molecule is NCC1OC(OC2C(N)CC(NC(=O)C3(O)CC(N)C3)C(OC3OC(CO)C(O)C(N)C3O)C2O)C(N=C(N)N)CC1O. The zero-order valence-electron chi connectivity index (χ0n) is 23.5. The zero-order valence-corrected chi connectivity index (χ0v) is 23.5. The van der Waals surface area contributed by atoms with Gasteiger partial charge in [0.15, 0.2) is 18.5 Å². The van der Waals surface area contributed by atoms with Crippen LogP contribution in [-0.2, 0) is 23.7 Å². The molecule has 19 heteroatoms. The Balaban J connectivity index is 1.59. The van der Waals surface area contributed by atoms with Crippen molar-refractivity contribution in [1.82, 2.24) is 5.32 Å². The number of guanidine groups is 1. The quantitative estimate of drug-likeness (QED) is 0.0838. The number of nitrogens with one attached hydrogen (secondary N) is 1. The minimum Gasteiger partial charge on any atom is -0.394 e. The summed E-state index contributed by atoms with van der Waals surface area (Å²) in [6.07, 6.45) is -13.2. The van der Waals surface area contributed by atoms with Crippen LogP contribution in [0.15, 0.2) is 4.99 Å². The Morgan fingerprint density at radius 3 is 2.14 bits per heavy atom. The van der Waals surface area contributed by atoms with Gasteiger partial charge in [0, 0.05) is 37.9 Å². The highest BCUT2D eigenvalue weighted by Gasteiger charge is 2.54. The van der Waals surface area contributed by atoms with Gasteiger partial charge in [-0.2, -0.15) is 0 Å². The molecule has 0 aromatic rings. The molecule has 2 saturated heterocycles. The topological polar surface area (TPSA) is 356 Å². The monoisotopic (exact) mass is 622 g/mol. The second-order valence-corrected chi connectivity index (χ2v) is 11.9. The summed E-state index contributed by atoms with van der Waals surface area (Å²) in [5.74, 6) is -1.06. The summed E-state index contributed by atoms with van der Waals surface area (Å²) < 4.78 is 23.4. The number of aliphatic hydroxyl groups excluding tert-OH is 5. The number of carbonyl (C=O) groups is 1. The van der Waals surface area contributed by atoms with E-state index in [9.17, 15) is 35.4 Å². The number of ether oxygens (including phenoxy) is 4. The van der Waals surface area contributed by atoms with Crippen molar-refractivity contribution in [1.29, 1.82) is 0 Å². The van der Waals surface area contributed by atoms with Crippen molar-refractivity contribution >= 4 is 11.9 Å². The Labute approximate surface area is 247 Å². The third-order valence-corrected chi connectivity index (χ3v) is 8.56. The molecule has 14 unspecified atom stereocenters. The highest BCUT2D eigenvalue weighted by molar-refractivity contribution is 5.86. The molecule has 1 amide bonds. The number of nitrogens with zero attached hydrogens (tertiary/aromatic N) is 1. The molecule has 19 N–H and O–H groups in total. The normalized spacial score (nSPS) is 48.7. The van der Waals surface area contributed by atoms with Crippen molar-refractivity contribution in [2.24, 2.45) is 39.4 Å². The number of carbonyl (C=O) groups excluding carboxylic acids is 1. The van der Waals surface area contributed by atoms with E-state index >= 15 is 0 Å². The maximum Gasteiger partial charge on any atom is 0.252 e. The molecule has 14 atom stereocenters. The Morgan fingerprint density at radius 1 is 0.930 bits per heavy atom. The highest BCUT2D eigenvalue weighted by Crippen LogP contribution is 2.35. The third-order valence-electron chi connectivity index (χ3n) is 8.56. The van der Waals surface area contributed by atoms with Crippen LogP contribution in [0.1, 0.15) is 25.7 Å². The molecule has 4 rings (SSSR count). The number of hydrogen-bond acceptors (Lipinski definition) is 16. The van der Waals surface area contributed by atoms with Crippen LogP contribution >= 0.6 is 0 Å². The molecule has 0 bridgehead atoms. The molecule has 4 aliphatic rings. The van der Waals surface area contributed by atoms with Crippen LogP contribution < -0.4 is 39.7 Å². The molecule has 2 saturated carbocycles. The maximum absolute atomic E-state index is 13.0. The van der Waals surface area contributed by atoms with Crippen LogP contribution in [0.2, 0.25) is 0 Å². The minimum atomic E-state index is -1.73. The van der Waals surface area contributed by atoms with Crippen molar-refractivity contribution < 1.29 is 54.4 Å². The van der Waals surface area contributed by atoms with Crippen molar-refractivity contribution in [3.8, 4) is 0 Å². The van der Waals surface area contributed by atoms with E-state index in [0.29, 0.717) is 0 Å². The lowest BCUT2D eigenvalue weighted by molar-refractivity contribution is -0.315. The Bertz CT molecular complexity index is 987. The lowest BCUT2D eigenvalue weighted by atomic mass is 9.75. The molecule has 0 aromatic heterocycles. The fraction of sp³-hybridized carbons (Fsp3) is 0.917. The Kier molecular flexibility index (Phi) is 10.8. The second kappa shape index (κ2) is 13.7. The average Bonchev–Trinajstić information content (AvgIpc) is 2.92. The molecule has 2 heterocycles. The van der Waals surface area contributed by atoms with E-state index in [1.807, 2.05) is 0 Å². The van der Waals surface area contributed by atoms with Crippen LogP contribution in [0.5, 0.6) is 0 Å². The first-order valence-corrected chi connectivity index (χ1v) is 14.2. The molecule has 43 heavy (non-hydrogen) atoms. The van der Waals surface area contributed by atoms with Gasteiger partial charge in [0.05, 0.1) is 30.9 Å². The fourth-order valence-electron chi connectivity index (χ4n) is 6.08. The van der Waals surface area contributed by atoms with E-state index in [1.54, 1.807) is 0 Å². The summed E-state index contributed by atoms with van der Waals surface area (Å²) in [6.45, 7) is -0.714. The maximum atomic E-state index is 13.0. The van der Waals surface area contributed by atoms with Crippen LogP contribution in [-0.4, -0.2) is 153 Å². The first kappa shape index (κ1) is 34.1. The molecule has 2 aliphatic carbocycles. The van der Waals surface area contributed by atoms with Gasteiger partial charge in [0.25, 0.3) is 5.91 Å². The summed E-state index contributed by atoms with van der Waals surface area (Å²) in [5.41, 5.74) is 33.2. The zero-order chi connectivity index (χ0) is 31.8. The predicted molar refractivity (Wildman–Crippen MR) is 146 cm³/mol. The van der Waals surface area contributed by atoms with Gasteiger partial charge in [-0.1, -0.05) is 0 Å². The van der Waals surface area contributed by atoms with Crippen LogP contribution in [0, 0.1) is 0 Å². The van der Waals surface area contributed by atoms with Crippen LogP contribution in [0.25, 0.3) is 0 Å². The molecule has 0 aromatic carbocycles. The van der Waals surface area contributed by atoms with E-state index < -0.39 is 104 Å². The van der Waals surface area contributed by atoms with Crippen molar-refractivity contribution in [2.45, 2.75) is 123 Å². The second-order valence-electron chi connectivity index (χ2n) is 11.9. The van der Waals surface area contributed by atoms with Crippen LogP contribution in [0.4, 0.5) is 0 Å². The van der Waals surface area contributed by atoms with E-state index in [-0.39, 0.29) is 44.2 Å². The van der Waals surface area contributed by atoms with Gasteiger partial charge in [-0.05, 0) is 6.42 Å². The summed E-state index contributed by atoms with van der Waals surface area (Å²) in [4.78, 5) is 17.1. The van der Waals surface area contributed by atoms with Gasteiger partial charge >= 0.3 is 0 Å². The lowest BCUT2D eigenvalue weighted by Crippen LogP contribution is -2.70. The largest absolute Gasteiger partial charge is 0.394 e. The van der Waals surface area contributed by atoms with Gasteiger partial charge in [-0.25, -0.2) is 4.99 Å². The standard InChI is InChI=1S/C24H46N8O11/c25-5-12-11(34)2-10(32-23(29)30)20(40-12)42-18-8(27)1-9(31-22(38)24(39)3-7(26)4-24)19(17(18)37)43-21-16(36)14(28)15(35)13(6-33)41-21/h7-21,33-37,39H,1-6,25-28H2,(H,31,38)(H4,29,30,32). The summed E-state index contributed by atoms with van der Waals surface area (Å²) >= 11 is 0. The van der Waals surface area contributed by atoms with E-state index in [2.05, 4.69) is 10.3 Å². The number of rotatable bonds is 9. The van der Waals surface area contributed by atoms with Crippen molar-refractivity contribution in [3.05, 3.63) is 0 Å². The lowest BCUT2D eigenvalue weighted by Gasteiger charge is -2.49. The molecule has 19 nitrogen and oxygen atoms in total. The first-order valence-electron chi connectivity index (χ1n) is 14.2. The van der Waals surface area contributed by atoms with Gasteiger partial charge in [0.1, 0.15) is 48.3 Å². The van der Waals surface area contributed by atoms with Crippen LogP contribution in [0.3, 0.4) is 0 Å². The van der Waals surface area contributed by atoms with Crippen molar-refractivity contribution in [2.75, 3.05) is 13.2 Å². The first-order chi connectivity index (χ1) is 20.2. The highest BCUT2D eigenvalue weighted by atomic mass is 16.7. The van der Waals surface area contributed by atoms with Gasteiger partial charge in [-0.3, -0.25) is 4.79 Å². The Hall–Kier alpha value is -1.82. The van der Waals surface area contributed by atoms with E-state index in [4.69, 9.17) is 53.3 Å². The molecule has 0 spiro atoms. The van der Waals surface area contributed by atoms with Gasteiger partial charge < -0.3 is 89.3 Å². The van der Waals surface area contributed by atoms with E-state index in [1.165, 1.54) is 0 Å². The Morgan fingerprint density at radius 2 is 1.56 bits per heavy atom. The number of aliphatic imine (C=N–C) groups is 1. The predicted octanol–water partition coefficient (Wildman–Crippen LogP) is -7.97. The fourth-order valence-corrected chi connectivity index (χ4v) is 6.08. The van der Waals surface area contributed by atoms with Gasteiger partial charge in [-0.15, -0.1) is 0 Å². The third kappa shape index (κ3) is 7.20. The molecule has 4 fully saturated rings. The summed E-state index contributed by atoms with van der Waals surface area (Å²) in [5, 5.41) is 65.8. The van der Waals surface area contributed by atoms with Gasteiger partial charge in [0.2, 0.25) is 0 Å². The molecule has 248 valence electrons. The molecular formula is C24H46N8O11. The summed E-state index contributed by atoms with van der Waals surface area (Å²) in [7, 11) is 0. The summed E-state index contributed by atoms with van der Waals surface area (Å²) in [6, 6.07) is -4.56. The average molecular weight is 623 g/mol. The molecular weight excluding hydrogens is 576 g/mol. The number of aliphatic hydroxyl groups is 6.